The second-order valence-corrected chi connectivity index (χ2v) is 5.58. The van der Waals surface area contributed by atoms with Crippen LogP contribution in [-0.4, -0.2) is 20.1 Å². The third-order valence-corrected chi connectivity index (χ3v) is 3.96. The van der Waals surface area contributed by atoms with E-state index in [9.17, 15) is 9.18 Å². The van der Waals surface area contributed by atoms with Crippen molar-refractivity contribution in [2.75, 3.05) is 19.5 Å². The Morgan fingerprint density at radius 3 is 2.31 bits per heavy atom. The third kappa shape index (κ3) is 3.67. The summed E-state index contributed by atoms with van der Waals surface area (Å²) >= 11 is 0. The van der Waals surface area contributed by atoms with Crippen molar-refractivity contribution in [1.29, 1.82) is 0 Å². The molecule has 0 heterocycles. The fraction of sp³-hybridized carbons (Fsp3) is 0.0952. The molecule has 3 rings (SSSR count). The Hall–Kier alpha value is -3.34. The molecule has 0 unspecified atom stereocenters. The molecule has 0 aliphatic carbocycles. The van der Waals surface area contributed by atoms with Crippen LogP contribution in [0.15, 0.2) is 66.7 Å². The van der Waals surface area contributed by atoms with Gasteiger partial charge in [0.2, 0.25) is 0 Å². The van der Waals surface area contributed by atoms with Crippen LogP contribution in [0.25, 0.3) is 11.1 Å². The van der Waals surface area contributed by atoms with E-state index in [2.05, 4.69) is 5.32 Å². The van der Waals surface area contributed by atoms with Crippen LogP contribution in [0, 0.1) is 5.82 Å². The first-order valence-corrected chi connectivity index (χ1v) is 8.00. The summed E-state index contributed by atoms with van der Waals surface area (Å²) in [7, 11) is 3.01. The van der Waals surface area contributed by atoms with Gasteiger partial charge < -0.3 is 14.8 Å². The van der Waals surface area contributed by atoms with Gasteiger partial charge in [-0.3, -0.25) is 4.79 Å². The minimum absolute atomic E-state index is 0.259. The molecule has 0 radical (unpaired) electrons. The lowest BCUT2D eigenvalue weighted by Gasteiger charge is -2.13. The Balaban J connectivity index is 1.93. The molecule has 3 aromatic carbocycles. The molecule has 0 aliphatic rings. The fourth-order valence-corrected chi connectivity index (χ4v) is 2.66. The van der Waals surface area contributed by atoms with Crippen LogP contribution in [0.5, 0.6) is 11.5 Å². The van der Waals surface area contributed by atoms with E-state index in [0.29, 0.717) is 17.0 Å². The van der Waals surface area contributed by atoms with Gasteiger partial charge in [0.1, 0.15) is 17.3 Å². The molecule has 0 spiro atoms. The van der Waals surface area contributed by atoms with Gasteiger partial charge in [-0.25, -0.2) is 4.39 Å². The number of nitrogens with one attached hydrogen (secondary N) is 1. The highest BCUT2D eigenvalue weighted by Gasteiger charge is 2.14. The third-order valence-electron chi connectivity index (χ3n) is 3.96. The minimum Gasteiger partial charge on any atom is -0.496 e. The largest absolute Gasteiger partial charge is 0.496 e. The van der Waals surface area contributed by atoms with Gasteiger partial charge >= 0.3 is 0 Å². The van der Waals surface area contributed by atoms with Crippen LogP contribution in [-0.2, 0) is 0 Å². The van der Waals surface area contributed by atoms with Crippen molar-refractivity contribution in [2.45, 2.75) is 0 Å². The molecule has 0 fully saturated rings. The smallest absolute Gasteiger partial charge is 0.255 e. The summed E-state index contributed by atoms with van der Waals surface area (Å²) in [6.45, 7) is 0. The van der Waals surface area contributed by atoms with E-state index >= 15 is 0 Å². The molecular formula is C21H18FNO3. The van der Waals surface area contributed by atoms with E-state index < -0.39 is 5.82 Å². The van der Waals surface area contributed by atoms with Crippen molar-refractivity contribution in [3.8, 4) is 22.6 Å². The number of carbonyl (C=O) groups excluding carboxylic acids is 1. The molecule has 26 heavy (non-hydrogen) atoms. The number of benzene rings is 3. The van der Waals surface area contributed by atoms with E-state index in [-0.39, 0.29) is 11.7 Å². The van der Waals surface area contributed by atoms with E-state index in [1.165, 1.54) is 25.3 Å². The Morgan fingerprint density at radius 1 is 0.885 bits per heavy atom. The summed E-state index contributed by atoms with van der Waals surface area (Å²) in [6, 6.07) is 18.8. The first-order chi connectivity index (χ1) is 12.6. The predicted molar refractivity (Wildman–Crippen MR) is 99.3 cm³/mol. The highest BCUT2D eigenvalue weighted by Crippen LogP contribution is 2.31. The zero-order chi connectivity index (χ0) is 18.5. The lowest BCUT2D eigenvalue weighted by Crippen LogP contribution is -2.13. The maximum absolute atomic E-state index is 13.3. The molecule has 5 heteroatoms. The number of anilines is 1. The number of carbonyl (C=O) groups is 1. The monoisotopic (exact) mass is 351 g/mol. The molecule has 3 aromatic rings. The fourth-order valence-electron chi connectivity index (χ4n) is 2.66. The van der Waals surface area contributed by atoms with Crippen molar-refractivity contribution in [3.05, 3.63) is 78.1 Å². The number of ether oxygens (including phenoxy) is 2. The van der Waals surface area contributed by atoms with Crippen molar-refractivity contribution < 1.29 is 18.7 Å². The maximum Gasteiger partial charge on any atom is 0.255 e. The summed E-state index contributed by atoms with van der Waals surface area (Å²) in [5.41, 5.74) is 2.61. The lowest BCUT2D eigenvalue weighted by atomic mass is 10.0. The average molecular weight is 351 g/mol. The topological polar surface area (TPSA) is 47.6 Å². The number of rotatable bonds is 5. The van der Waals surface area contributed by atoms with E-state index in [1.54, 1.807) is 25.3 Å². The van der Waals surface area contributed by atoms with Crippen molar-refractivity contribution in [1.82, 2.24) is 0 Å². The van der Waals surface area contributed by atoms with Crippen LogP contribution < -0.4 is 14.8 Å². The number of methoxy groups -OCH3 is 2. The second kappa shape index (κ2) is 7.70. The predicted octanol–water partition coefficient (Wildman–Crippen LogP) is 4.76. The van der Waals surface area contributed by atoms with Gasteiger partial charge in [0.05, 0.1) is 19.9 Å². The molecule has 0 aromatic heterocycles. The number of amides is 1. The van der Waals surface area contributed by atoms with Crippen molar-refractivity contribution >= 4 is 11.6 Å². The molecule has 0 atom stereocenters. The highest BCUT2D eigenvalue weighted by atomic mass is 19.1. The number of hydrogen-bond acceptors (Lipinski definition) is 3. The second-order valence-electron chi connectivity index (χ2n) is 5.58. The average Bonchev–Trinajstić information content (AvgIpc) is 2.69. The van der Waals surface area contributed by atoms with Crippen LogP contribution >= 0.6 is 0 Å². The molecule has 0 aliphatic heterocycles. The Morgan fingerprint density at radius 2 is 1.62 bits per heavy atom. The molecule has 1 N–H and O–H groups in total. The Labute approximate surface area is 151 Å². The first-order valence-electron chi connectivity index (χ1n) is 8.00. The standard InChI is InChI=1S/C21H18FNO3/c1-25-19-11-8-15(12-17(19)14-6-4-3-5-7-14)21(24)23-18-10-9-16(22)13-20(18)26-2/h3-13H,1-2H3,(H,23,24). The minimum atomic E-state index is -0.435. The van der Waals surface area contributed by atoms with Gasteiger partial charge in [0.15, 0.2) is 0 Å². The van der Waals surface area contributed by atoms with Gasteiger partial charge in [-0.2, -0.15) is 0 Å². The molecular weight excluding hydrogens is 333 g/mol. The quantitative estimate of drug-likeness (QED) is 0.721. The highest BCUT2D eigenvalue weighted by molar-refractivity contribution is 6.06. The lowest BCUT2D eigenvalue weighted by molar-refractivity contribution is 0.102. The van der Waals surface area contributed by atoms with Crippen LogP contribution in [0.2, 0.25) is 0 Å². The Bertz CT molecular complexity index is 926. The summed E-state index contributed by atoms with van der Waals surface area (Å²) in [4.78, 5) is 12.6. The van der Waals surface area contributed by atoms with Gasteiger partial charge in [-0.05, 0) is 35.9 Å². The van der Waals surface area contributed by atoms with Gasteiger partial charge in [-0.1, -0.05) is 30.3 Å². The summed E-state index contributed by atoms with van der Waals surface area (Å²) < 4.78 is 23.8. The van der Waals surface area contributed by atoms with Gasteiger partial charge in [0.25, 0.3) is 5.91 Å². The van der Waals surface area contributed by atoms with Crippen molar-refractivity contribution in [3.63, 3.8) is 0 Å². The number of hydrogen-bond donors (Lipinski definition) is 1. The molecule has 1 amide bonds. The zero-order valence-corrected chi connectivity index (χ0v) is 14.5. The zero-order valence-electron chi connectivity index (χ0n) is 14.5. The summed E-state index contributed by atoms with van der Waals surface area (Å²) in [5, 5.41) is 2.75. The SMILES string of the molecule is COc1cc(F)ccc1NC(=O)c1ccc(OC)c(-c2ccccc2)c1. The van der Waals surface area contributed by atoms with E-state index in [4.69, 9.17) is 9.47 Å². The van der Waals surface area contributed by atoms with Crippen LogP contribution in [0.4, 0.5) is 10.1 Å². The summed E-state index contributed by atoms with van der Waals surface area (Å²) in [5.74, 6) is 0.174. The van der Waals surface area contributed by atoms with E-state index in [0.717, 1.165) is 11.1 Å². The van der Waals surface area contributed by atoms with Crippen LogP contribution in [0.1, 0.15) is 10.4 Å². The molecule has 132 valence electrons. The maximum atomic E-state index is 13.3. The van der Waals surface area contributed by atoms with Gasteiger partial charge in [-0.15, -0.1) is 0 Å². The number of halogens is 1. The summed E-state index contributed by atoms with van der Waals surface area (Å²) in [6.07, 6.45) is 0. The first kappa shape index (κ1) is 17.5. The van der Waals surface area contributed by atoms with Crippen LogP contribution in [0.3, 0.4) is 0 Å². The Kier molecular flexibility index (Phi) is 5.17. The van der Waals surface area contributed by atoms with E-state index in [1.807, 2.05) is 30.3 Å². The molecule has 4 nitrogen and oxygen atoms in total. The molecule has 0 saturated carbocycles. The normalized spacial score (nSPS) is 10.3. The van der Waals surface area contributed by atoms with Crippen molar-refractivity contribution in [2.24, 2.45) is 0 Å². The molecule has 0 saturated heterocycles. The van der Waals surface area contributed by atoms with Gasteiger partial charge in [0, 0.05) is 17.2 Å². The molecule has 0 bridgehead atoms.